The second kappa shape index (κ2) is 8.98. The van der Waals surface area contributed by atoms with Crippen LogP contribution < -0.4 is 10.5 Å². The van der Waals surface area contributed by atoms with E-state index in [0.717, 1.165) is 37.2 Å². The van der Waals surface area contributed by atoms with Crippen LogP contribution >= 0.6 is 0 Å². The summed E-state index contributed by atoms with van der Waals surface area (Å²) < 4.78 is 5.63. The van der Waals surface area contributed by atoms with Crippen molar-refractivity contribution in [3.63, 3.8) is 0 Å². The SMILES string of the molecule is CCCCOc1ccc(C(O)C(CN)CC(C)C)cc1. The zero-order chi connectivity index (χ0) is 15.0. The highest BCUT2D eigenvalue weighted by Gasteiger charge is 2.20. The third-order valence-electron chi connectivity index (χ3n) is 3.51. The average molecular weight is 279 g/mol. The Morgan fingerprint density at radius 3 is 2.35 bits per heavy atom. The number of aliphatic hydroxyl groups is 1. The van der Waals surface area contributed by atoms with Crippen molar-refractivity contribution in [2.24, 2.45) is 17.6 Å². The number of aliphatic hydroxyl groups excluding tert-OH is 1. The van der Waals surface area contributed by atoms with Crippen molar-refractivity contribution in [1.29, 1.82) is 0 Å². The molecule has 114 valence electrons. The van der Waals surface area contributed by atoms with Crippen LogP contribution in [0.4, 0.5) is 0 Å². The van der Waals surface area contributed by atoms with Gasteiger partial charge in [0.25, 0.3) is 0 Å². The first-order chi connectivity index (χ1) is 9.58. The third-order valence-corrected chi connectivity index (χ3v) is 3.51. The Morgan fingerprint density at radius 1 is 1.20 bits per heavy atom. The first kappa shape index (κ1) is 17.0. The number of hydrogen-bond donors (Lipinski definition) is 2. The van der Waals surface area contributed by atoms with Gasteiger partial charge in [-0.2, -0.15) is 0 Å². The Balaban J connectivity index is 2.61. The van der Waals surface area contributed by atoms with Crippen molar-refractivity contribution in [3.8, 4) is 5.75 Å². The molecule has 0 radical (unpaired) electrons. The summed E-state index contributed by atoms with van der Waals surface area (Å²) in [6.45, 7) is 7.70. The highest BCUT2D eigenvalue weighted by atomic mass is 16.5. The fraction of sp³-hybridized carbons (Fsp3) is 0.647. The molecule has 0 aromatic heterocycles. The van der Waals surface area contributed by atoms with Gasteiger partial charge in [-0.25, -0.2) is 0 Å². The standard InChI is InChI=1S/C17H29NO2/c1-4-5-10-20-16-8-6-14(7-9-16)17(19)15(12-18)11-13(2)3/h6-9,13,15,17,19H,4-5,10-12,18H2,1-3H3. The van der Waals surface area contributed by atoms with Crippen LogP contribution in [-0.4, -0.2) is 18.3 Å². The van der Waals surface area contributed by atoms with Crippen LogP contribution in [0.15, 0.2) is 24.3 Å². The molecule has 0 saturated heterocycles. The van der Waals surface area contributed by atoms with E-state index in [9.17, 15) is 5.11 Å². The lowest BCUT2D eigenvalue weighted by molar-refractivity contribution is 0.0994. The van der Waals surface area contributed by atoms with Gasteiger partial charge in [0.1, 0.15) is 5.75 Å². The lowest BCUT2D eigenvalue weighted by Crippen LogP contribution is -2.23. The Kier molecular flexibility index (Phi) is 7.63. The molecule has 3 nitrogen and oxygen atoms in total. The predicted octanol–water partition coefficient (Wildman–Crippen LogP) is 3.52. The topological polar surface area (TPSA) is 55.5 Å². The molecule has 3 N–H and O–H groups in total. The minimum Gasteiger partial charge on any atom is -0.494 e. The van der Waals surface area contributed by atoms with Crippen LogP contribution in [0.5, 0.6) is 5.75 Å². The van der Waals surface area contributed by atoms with E-state index in [1.165, 1.54) is 0 Å². The van der Waals surface area contributed by atoms with Crippen molar-refractivity contribution in [3.05, 3.63) is 29.8 Å². The molecule has 1 aromatic rings. The summed E-state index contributed by atoms with van der Waals surface area (Å²) in [5.74, 6) is 1.51. The minimum atomic E-state index is -0.493. The third kappa shape index (κ3) is 5.51. The summed E-state index contributed by atoms with van der Waals surface area (Å²) in [5.41, 5.74) is 6.71. The quantitative estimate of drug-likeness (QED) is 0.680. The Bertz CT molecular complexity index is 362. The maximum absolute atomic E-state index is 10.4. The molecule has 0 bridgehead atoms. The summed E-state index contributed by atoms with van der Waals surface area (Å²) in [5, 5.41) is 10.4. The van der Waals surface area contributed by atoms with Crippen molar-refractivity contribution < 1.29 is 9.84 Å². The normalized spacial score (nSPS) is 14.3. The molecular weight excluding hydrogens is 250 g/mol. The van der Waals surface area contributed by atoms with Crippen LogP contribution in [-0.2, 0) is 0 Å². The van der Waals surface area contributed by atoms with Gasteiger partial charge in [-0.1, -0.05) is 39.3 Å². The highest BCUT2D eigenvalue weighted by molar-refractivity contribution is 5.28. The molecule has 0 aliphatic rings. The van der Waals surface area contributed by atoms with Crippen molar-refractivity contribution >= 4 is 0 Å². The number of benzene rings is 1. The molecule has 2 atom stereocenters. The van der Waals surface area contributed by atoms with Gasteiger partial charge >= 0.3 is 0 Å². The van der Waals surface area contributed by atoms with Gasteiger partial charge in [0.05, 0.1) is 12.7 Å². The molecule has 0 spiro atoms. The van der Waals surface area contributed by atoms with Crippen LogP contribution in [0.25, 0.3) is 0 Å². The fourth-order valence-corrected chi connectivity index (χ4v) is 2.33. The molecular formula is C17H29NO2. The first-order valence-electron chi connectivity index (χ1n) is 7.69. The largest absolute Gasteiger partial charge is 0.494 e. The number of unbranched alkanes of at least 4 members (excludes halogenated alkanes) is 1. The molecule has 2 unspecified atom stereocenters. The maximum atomic E-state index is 10.4. The van der Waals surface area contributed by atoms with Gasteiger partial charge < -0.3 is 15.6 Å². The second-order valence-corrected chi connectivity index (χ2v) is 5.84. The first-order valence-corrected chi connectivity index (χ1v) is 7.69. The van der Waals surface area contributed by atoms with Crippen LogP contribution in [0, 0.1) is 11.8 Å². The lowest BCUT2D eigenvalue weighted by Gasteiger charge is -2.23. The number of rotatable bonds is 9. The second-order valence-electron chi connectivity index (χ2n) is 5.84. The fourth-order valence-electron chi connectivity index (χ4n) is 2.33. The smallest absolute Gasteiger partial charge is 0.119 e. The molecule has 0 fully saturated rings. The number of nitrogens with two attached hydrogens (primary N) is 1. The van der Waals surface area contributed by atoms with E-state index < -0.39 is 6.10 Å². The molecule has 3 heteroatoms. The summed E-state index contributed by atoms with van der Waals surface area (Å²) in [6.07, 6.45) is 2.64. The Labute approximate surface area is 123 Å². The van der Waals surface area contributed by atoms with Crippen LogP contribution in [0.2, 0.25) is 0 Å². The molecule has 0 aliphatic heterocycles. The number of ether oxygens (including phenoxy) is 1. The number of hydrogen-bond acceptors (Lipinski definition) is 3. The zero-order valence-electron chi connectivity index (χ0n) is 13.0. The summed E-state index contributed by atoms with van der Waals surface area (Å²) in [6, 6.07) is 7.73. The summed E-state index contributed by atoms with van der Waals surface area (Å²) in [4.78, 5) is 0. The lowest BCUT2D eigenvalue weighted by atomic mass is 9.88. The Morgan fingerprint density at radius 2 is 1.85 bits per heavy atom. The van der Waals surface area contributed by atoms with Gasteiger partial charge in [-0.3, -0.25) is 0 Å². The van der Waals surface area contributed by atoms with Crippen molar-refractivity contribution in [2.45, 2.75) is 46.1 Å². The van der Waals surface area contributed by atoms with Gasteiger partial charge in [-0.05, 0) is 43.0 Å². The summed E-state index contributed by atoms with van der Waals surface area (Å²) >= 11 is 0. The monoisotopic (exact) mass is 279 g/mol. The van der Waals surface area contributed by atoms with E-state index in [1.807, 2.05) is 24.3 Å². The molecule has 20 heavy (non-hydrogen) atoms. The van der Waals surface area contributed by atoms with Crippen LogP contribution in [0.1, 0.15) is 51.7 Å². The molecule has 1 aromatic carbocycles. The zero-order valence-corrected chi connectivity index (χ0v) is 13.0. The van der Waals surface area contributed by atoms with Crippen LogP contribution in [0.3, 0.4) is 0 Å². The molecule has 0 saturated carbocycles. The van der Waals surface area contributed by atoms with E-state index in [-0.39, 0.29) is 5.92 Å². The minimum absolute atomic E-state index is 0.113. The van der Waals surface area contributed by atoms with Gasteiger partial charge in [0.15, 0.2) is 0 Å². The van der Waals surface area contributed by atoms with Gasteiger partial charge in [0, 0.05) is 5.92 Å². The van der Waals surface area contributed by atoms with Crippen molar-refractivity contribution in [1.82, 2.24) is 0 Å². The van der Waals surface area contributed by atoms with Gasteiger partial charge in [0.2, 0.25) is 0 Å². The van der Waals surface area contributed by atoms with Crippen molar-refractivity contribution in [2.75, 3.05) is 13.2 Å². The predicted molar refractivity (Wildman–Crippen MR) is 83.8 cm³/mol. The average Bonchev–Trinajstić information content (AvgIpc) is 2.45. The van der Waals surface area contributed by atoms with E-state index in [4.69, 9.17) is 10.5 Å². The summed E-state index contributed by atoms with van der Waals surface area (Å²) in [7, 11) is 0. The Hall–Kier alpha value is -1.06. The molecule has 0 aliphatic carbocycles. The molecule has 0 amide bonds. The van der Waals surface area contributed by atoms with E-state index in [2.05, 4.69) is 20.8 Å². The van der Waals surface area contributed by atoms with Gasteiger partial charge in [-0.15, -0.1) is 0 Å². The van der Waals surface area contributed by atoms with E-state index >= 15 is 0 Å². The maximum Gasteiger partial charge on any atom is 0.119 e. The van der Waals surface area contributed by atoms with E-state index in [0.29, 0.717) is 12.5 Å². The molecule has 0 heterocycles. The highest BCUT2D eigenvalue weighted by Crippen LogP contribution is 2.28. The van der Waals surface area contributed by atoms with E-state index in [1.54, 1.807) is 0 Å². The molecule has 1 rings (SSSR count).